The summed E-state index contributed by atoms with van der Waals surface area (Å²) in [6.07, 6.45) is 7.43. The zero-order valence-electron chi connectivity index (χ0n) is 19.3. The van der Waals surface area contributed by atoms with Crippen LogP contribution in [-0.4, -0.2) is 42.6 Å². The molecule has 2 aromatic carbocycles. The fourth-order valence-electron chi connectivity index (χ4n) is 6.95. The molecule has 2 fully saturated rings. The molecule has 2 aliphatic heterocycles. The van der Waals surface area contributed by atoms with Crippen molar-refractivity contribution in [2.75, 3.05) is 26.7 Å². The number of rotatable bonds is 4. The van der Waals surface area contributed by atoms with E-state index < -0.39 is 0 Å². The summed E-state index contributed by atoms with van der Waals surface area (Å²) in [6.45, 7) is 4.78. The van der Waals surface area contributed by atoms with Gasteiger partial charge in [0.1, 0.15) is 0 Å². The fraction of sp³-hybridized carbons (Fsp3) is 0.536. The zero-order valence-corrected chi connectivity index (χ0v) is 19.3. The van der Waals surface area contributed by atoms with E-state index >= 15 is 0 Å². The van der Waals surface area contributed by atoms with E-state index in [0.717, 1.165) is 26.2 Å². The van der Waals surface area contributed by atoms with Crippen LogP contribution in [0.4, 0.5) is 4.79 Å². The molecule has 0 spiro atoms. The topological polar surface area (TPSA) is 32.8 Å². The Morgan fingerprint density at radius 3 is 2.31 bits per heavy atom. The Hall–Kier alpha value is -2.33. The van der Waals surface area contributed by atoms with E-state index in [1.54, 1.807) is 0 Å². The largest absolute Gasteiger partial charge is 0.453 e. The van der Waals surface area contributed by atoms with Gasteiger partial charge in [0, 0.05) is 25.0 Å². The van der Waals surface area contributed by atoms with Crippen LogP contribution in [0.3, 0.4) is 0 Å². The van der Waals surface area contributed by atoms with Gasteiger partial charge < -0.3 is 9.64 Å². The van der Waals surface area contributed by atoms with E-state index in [9.17, 15) is 4.79 Å². The third kappa shape index (κ3) is 3.94. The molecule has 170 valence electrons. The summed E-state index contributed by atoms with van der Waals surface area (Å²) in [5.41, 5.74) is 4.30. The number of ether oxygens (including phenoxy) is 1. The van der Waals surface area contributed by atoms with Crippen LogP contribution in [0.5, 0.6) is 0 Å². The van der Waals surface area contributed by atoms with Gasteiger partial charge in [0.25, 0.3) is 0 Å². The van der Waals surface area contributed by atoms with Gasteiger partial charge in [-0.05, 0) is 67.3 Å². The van der Waals surface area contributed by atoms with Crippen LogP contribution >= 0.6 is 0 Å². The smallest absolute Gasteiger partial charge is 0.409 e. The first-order chi connectivity index (χ1) is 15.7. The number of piperidine rings is 1. The highest BCUT2D eigenvalue weighted by atomic mass is 16.5. The van der Waals surface area contributed by atoms with Crippen LogP contribution in [0.25, 0.3) is 0 Å². The monoisotopic (exact) mass is 432 g/mol. The summed E-state index contributed by atoms with van der Waals surface area (Å²) in [5.74, 6) is 1.26. The lowest BCUT2D eigenvalue weighted by molar-refractivity contribution is 0.0337. The van der Waals surface area contributed by atoms with Crippen molar-refractivity contribution in [1.29, 1.82) is 0 Å². The number of amides is 1. The lowest BCUT2D eigenvalue weighted by Gasteiger charge is -2.53. The molecule has 5 rings (SSSR count). The molecule has 0 bridgehead atoms. The molecule has 1 saturated heterocycles. The molecular formula is C28H36N2O2. The number of carbonyl (C=O) groups excluding carboxylic acids is 1. The van der Waals surface area contributed by atoms with Crippen molar-refractivity contribution >= 4 is 6.09 Å². The predicted molar refractivity (Wildman–Crippen MR) is 127 cm³/mol. The molecule has 1 amide bonds. The van der Waals surface area contributed by atoms with Gasteiger partial charge in [-0.1, -0.05) is 67.4 Å². The standard InChI is InChI=1S/C28H36N2O2/c1-32-27(31)30-20-23-11-5-8-14-26(23)28(21-30,24-12-6-7-13-24)25-15-17-29(18-16-25)19-22-9-3-2-4-10-22/h2-5,8-11,14,24-25H,6-7,12-13,15-21H2,1H3. The minimum Gasteiger partial charge on any atom is -0.453 e. The SMILES string of the molecule is COC(=O)N1Cc2ccccc2C(C2CCCC2)(C2CCN(Cc3ccccc3)CC2)C1. The molecule has 1 unspecified atom stereocenters. The molecule has 3 aliphatic rings. The summed E-state index contributed by atoms with van der Waals surface area (Å²) in [6, 6.07) is 19.8. The second-order valence-corrected chi connectivity index (χ2v) is 10.0. The van der Waals surface area contributed by atoms with Crippen molar-refractivity contribution in [3.8, 4) is 0 Å². The Morgan fingerprint density at radius 1 is 0.938 bits per heavy atom. The summed E-state index contributed by atoms with van der Waals surface area (Å²) in [4.78, 5) is 17.3. The second-order valence-electron chi connectivity index (χ2n) is 10.0. The van der Waals surface area contributed by atoms with E-state index in [1.165, 1.54) is 62.3 Å². The average Bonchev–Trinajstić information content (AvgIpc) is 3.39. The Kier molecular flexibility index (Phi) is 6.23. The molecule has 32 heavy (non-hydrogen) atoms. The normalized spacial score (nSPS) is 25.0. The first-order valence-corrected chi connectivity index (χ1v) is 12.4. The predicted octanol–water partition coefficient (Wildman–Crippen LogP) is 5.61. The molecule has 0 radical (unpaired) electrons. The highest BCUT2D eigenvalue weighted by Crippen LogP contribution is 2.53. The van der Waals surface area contributed by atoms with Crippen LogP contribution in [0.15, 0.2) is 54.6 Å². The van der Waals surface area contributed by atoms with Crippen LogP contribution < -0.4 is 0 Å². The van der Waals surface area contributed by atoms with Crippen molar-refractivity contribution in [3.63, 3.8) is 0 Å². The first-order valence-electron chi connectivity index (χ1n) is 12.4. The first kappa shape index (κ1) is 21.5. The van der Waals surface area contributed by atoms with Gasteiger partial charge in [0.15, 0.2) is 0 Å². The summed E-state index contributed by atoms with van der Waals surface area (Å²) < 4.78 is 5.21. The van der Waals surface area contributed by atoms with Crippen molar-refractivity contribution in [2.45, 2.75) is 57.0 Å². The van der Waals surface area contributed by atoms with Crippen molar-refractivity contribution in [1.82, 2.24) is 9.80 Å². The minimum atomic E-state index is -0.177. The number of nitrogens with zero attached hydrogens (tertiary/aromatic N) is 2. The van der Waals surface area contributed by atoms with Crippen LogP contribution in [0.1, 0.15) is 55.2 Å². The summed E-state index contributed by atoms with van der Waals surface area (Å²) in [7, 11) is 1.52. The molecule has 1 atom stereocenters. The highest BCUT2D eigenvalue weighted by molar-refractivity contribution is 5.68. The van der Waals surface area contributed by atoms with Gasteiger partial charge in [-0.15, -0.1) is 0 Å². The maximum absolute atomic E-state index is 12.7. The van der Waals surface area contributed by atoms with Gasteiger partial charge in [0.2, 0.25) is 0 Å². The molecule has 0 N–H and O–H groups in total. The Balaban J connectivity index is 1.44. The lowest BCUT2D eigenvalue weighted by Crippen LogP contribution is -2.57. The van der Waals surface area contributed by atoms with Crippen molar-refractivity contribution in [3.05, 3.63) is 71.3 Å². The Labute approximate surface area is 192 Å². The third-order valence-electron chi connectivity index (χ3n) is 8.41. The van der Waals surface area contributed by atoms with Crippen LogP contribution in [0.2, 0.25) is 0 Å². The molecule has 0 aromatic heterocycles. The number of hydrogen-bond donors (Lipinski definition) is 0. The molecule has 1 saturated carbocycles. The molecule has 4 nitrogen and oxygen atoms in total. The molecule has 2 aromatic rings. The van der Waals surface area contributed by atoms with E-state index in [2.05, 4.69) is 59.5 Å². The molecule has 4 heteroatoms. The maximum Gasteiger partial charge on any atom is 0.409 e. The summed E-state index contributed by atoms with van der Waals surface area (Å²) >= 11 is 0. The van der Waals surface area contributed by atoms with Crippen LogP contribution in [-0.2, 0) is 23.2 Å². The minimum absolute atomic E-state index is 0.0539. The van der Waals surface area contributed by atoms with Gasteiger partial charge in [-0.2, -0.15) is 0 Å². The molecular weight excluding hydrogens is 396 g/mol. The van der Waals surface area contributed by atoms with E-state index in [1.807, 2.05) is 4.90 Å². The van der Waals surface area contributed by atoms with Crippen molar-refractivity contribution in [2.24, 2.45) is 11.8 Å². The van der Waals surface area contributed by atoms with Gasteiger partial charge in [-0.3, -0.25) is 4.90 Å². The number of hydrogen-bond acceptors (Lipinski definition) is 3. The Morgan fingerprint density at radius 2 is 1.59 bits per heavy atom. The number of likely N-dealkylation sites (tertiary alicyclic amines) is 1. The van der Waals surface area contributed by atoms with Crippen molar-refractivity contribution < 1.29 is 9.53 Å². The second kappa shape index (κ2) is 9.27. The third-order valence-corrected chi connectivity index (χ3v) is 8.41. The average molecular weight is 433 g/mol. The van der Waals surface area contributed by atoms with E-state index in [0.29, 0.717) is 18.4 Å². The van der Waals surface area contributed by atoms with Gasteiger partial charge >= 0.3 is 6.09 Å². The lowest BCUT2D eigenvalue weighted by atomic mass is 9.57. The quantitative estimate of drug-likeness (QED) is 0.630. The highest BCUT2D eigenvalue weighted by Gasteiger charge is 2.52. The molecule has 1 aliphatic carbocycles. The number of carbonyl (C=O) groups is 1. The Bertz CT molecular complexity index is 916. The number of fused-ring (bicyclic) bond motifs is 1. The van der Waals surface area contributed by atoms with Gasteiger partial charge in [0.05, 0.1) is 7.11 Å². The van der Waals surface area contributed by atoms with Crippen LogP contribution in [0, 0.1) is 11.8 Å². The number of methoxy groups -OCH3 is 1. The number of benzene rings is 2. The summed E-state index contributed by atoms with van der Waals surface area (Å²) in [5, 5.41) is 0. The maximum atomic E-state index is 12.7. The molecule has 2 heterocycles. The van der Waals surface area contributed by atoms with Gasteiger partial charge in [-0.25, -0.2) is 4.79 Å². The fourth-order valence-corrected chi connectivity index (χ4v) is 6.95. The van der Waals surface area contributed by atoms with E-state index in [4.69, 9.17) is 4.74 Å². The van der Waals surface area contributed by atoms with E-state index in [-0.39, 0.29) is 11.5 Å². The zero-order chi connectivity index (χ0) is 22.0.